The summed E-state index contributed by atoms with van der Waals surface area (Å²) < 4.78 is 0. The van der Waals surface area contributed by atoms with Crippen LogP contribution >= 0.6 is 0 Å². The zero-order chi connectivity index (χ0) is 33.0. The summed E-state index contributed by atoms with van der Waals surface area (Å²) in [6, 6.07) is 41.2. The van der Waals surface area contributed by atoms with E-state index in [2.05, 4.69) is 107 Å². The number of allylic oxidation sites excluding steroid dienone is 2. The molecule has 6 aromatic rings. The van der Waals surface area contributed by atoms with Crippen molar-refractivity contribution in [3.05, 3.63) is 187 Å². The lowest BCUT2D eigenvalue weighted by Gasteiger charge is -2.33. The molecule has 2 aliphatic heterocycles. The molecule has 7 nitrogen and oxygen atoms in total. The zero-order valence-corrected chi connectivity index (χ0v) is 26.9. The van der Waals surface area contributed by atoms with Crippen molar-refractivity contribution in [2.24, 2.45) is 9.98 Å². The summed E-state index contributed by atoms with van der Waals surface area (Å²) in [5.41, 5.74) is 9.09. The number of benzene rings is 3. The van der Waals surface area contributed by atoms with Crippen LogP contribution in [0.5, 0.6) is 0 Å². The van der Waals surface area contributed by atoms with Crippen molar-refractivity contribution in [1.29, 1.82) is 0 Å². The minimum absolute atomic E-state index is 0.134. The zero-order valence-electron chi connectivity index (χ0n) is 26.9. The molecule has 2 N–H and O–H groups in total. The number of aliphatic imine (C=N–C) groups is 2. The van der Waals surface area contributed by atoms with Crippen molar-refractivity contribution in [3.8, 4) is 33.8 Å². The van der Waals surface area contributed by atoms with E-state index in [1.165, 1.54) is 0 Å². The molecule has 8 rings (SSSR count). The van der Waals surface area contributed by atoms with Crippen LogP contribution in [-0.2, 0) is 5.66 Å². The second kappa shape index (κ2) is 13.0. The van der Waals surface area contributed by atoms with Crippen LogP contribution in [0, 0.1) is 0 Å². The van der Waals surface area contributed by atoms with Gasteiger partial charge in [0.2, 0.25) is 0 Å². The molecule has 0 saturated carbocycles. The van der Waals surface area contributed by atoms with Gasteiger partial charge in [-0.2, -0.15) is 0 Å². The fourth-order valence-electron chi connectivity index (χ4n) is 6.05. The van der Waals surface area contributed by atoms with Gasteiger partial charge < -0.3 is 10.6 Å². The summed E-state index contributed by atoms with van der Waals surface area (Å²) in [5.74, 6) is 1.41. The van der Waals surface area contributed by atoms with E-state index in [1.807, 2.05) is 73.2 Å². The lowest BCUT2D eigenvalue weighted by Crippen LogP contribution is -2.46. The normalized spacial score (nSPS) is 18.2. The second-order valence-electron chi connectivity index (χ2n) is 12.1. The van der Waals surface area contributed by atoms with Crippen LogP contribution in [0.1, 0.15) is 35.2 Å². The molecular formula is C42H33N7. The molecular weight excluding hydrogens is 603 g/mol. The van der Waals surface area contributed by atoms with Gasteiger partial charge in [0.1, 0.15) is 5.84 Å². The van der Waals surface area contributed by atoms with Crippen LogP contribution in [0.3, 0.4) is 0 Å². The number of rotatable bonds is 7. The highest BCUT2D eigenvalue weighted by atomic mass is 15.2. The van der Waals surface area contributed by atoms with E-state index in [0.717, 1.165) is 61.9 Å². The SMILES string of the molecule is CC1(c2ccccc2)N=C(c2ccc(-c3ccc(C4C=CC=CN4)cn3)cc2)N=C(c2ccc(-c3ccc(-c4ccccn4)cn3)cc2)N1. The second-order valence-corrected chi connectivity index (χ2v) is 12.1. The smallest absolute Gasteiger partial charge is 0.159 e. The predicted octanol–water partition coefficient (Wildman–Crippen LogP) is 8.26. The van der Waals surface area contributed by atoms with Crippen LogP contribution < -0.4 is 10.6 Å². The fraction of sp³-hybridized carbons (Fsp3) is 0.0714. The van der Waals surface area contributed by atoms with Crippen molar-refractivity contribution in [2.75, 3.05) is 0 Å². The first kappa shape index (κ1) is 29.9. The van der Waals surface area contributed by atoms with Crippen molar-refractivity contribution >= 4 is 11.7 Å². The van der Waals surface area contributed by atoms with Gasteiger partial charge in [0.15, 0.2) is 11.5 Å². The molecule has 5 heterocycles. The van der Waals surface area contributed by atoms with Gasteiger partial charge in [-0.05, 0) is 60.7 Å². The Balaban J connectivity index is 1.07. The summed E-state index contributed by atoms with van der Waals surface area (Å²) >= 11 is 0. The third-order valence-electron chi connectivity index (χ3n) is 8.79. The standard InChI is InChI=1S/C42H33N7/c1-42(35-9-3-2-4-10-35)48-40(31-17-13-29(14-18-31)38-23-21-33(27-45-38)36-11-5-7-25-43-36)47-41(49-42)32-19-15-30(16-20-32)39-24-22-34(28-46-39)37-12-6-8-26-44-37/h2-28,36,43H,1H3,(H,47,48,49). The van der Waals surface area contributed by atoms with Crippen LogP contribution in [-0.4, -0.2) is 26.6 Å². The minimum atomic E-state index is -0.720. The van der Waals surface area contributed by atoms with Gasteiger partial charge in [0.05, 0.1) is 23.1 Å². The van der Waals surface area contributed by atoms with E-state index >= 15 is 0 Å². The maximum atomic E-state index is 5.16. The van der Waals surface area contributed by atoms with E-state index in [0.29, 0.717) is 5.84 Å². The van der Waals surface area contributed by atoms with Crippen molar-refractivity contribution in [1.82, 2.24) is 25.6 Å². The number of dihydropyridines is 1. The molecule has 0 bridgehead atoms. The highest BCUT2D eigenvalue weighted by Crippen LogP contribution is 2.29. The molecule has 3 aromatic heterocycles. The van der Waals surface area contributed by atoms with Crippen LogP contribution in [0.2, 0.25) is 0 Å². The van der Waals surface area contributed by atoms with Crippen molar-refractivity contribution < 1.29 is 0 Å². The number of amidine groups is 2. The number of aromatic nitrogens is 3. The van der Waals surface area contributed by atoms with Crippen LogP contribution in [0.4, 0.5) is 0 Å². The molecule has 0 amide bonds. The first-order valence-electron chi connectivity index (χ1n) is 16.3. The van der Waals surface area contributed by atoms with Gasteiger partial charge in [-0.25, -0.2) is 9.98 Å². The third-order valence-corrected chi connectivity index (χ3v) is 8.79. The maximum absolute atomic E-state index is 5.16. The van der Waals surface area contributed by atoms with E-state index in [4.69, 9.17) is 20.0 Å². The average Bonchev–Trinajstić information content (AvgIpc) is 3.19. The van der Waals surface area contributed by atoms with E-state index in [-0.39, 0.29) is 6.04 Å². The number of hydrogen-bond donors (Lipinski definition) is 2. The Labute approximate surface area is 285 Å². The first-order valence-corrected chi connectivity index (χ1v) is 16.3. The molecule has 2 unspecified atom stereocenters. The Morgan fingerprint density at radius 2 is 1.22 bits per heavy atom. The molecule has 236 valence electrons. The molecule has 7 heteroatoms. The molecule has 3 aromatic carbocycles. The first-order chi connectivity index (χ1) is 24.1. The number of nitrogens with zero attached hydrogens (tertiary/aromatic N) is 5. The quantitative estimate of drug-likeness (QED) is 0.184. The van der Waals surface area contributed by atoms with Crippen LogP contribution in [0.25, 0.3) is 33.8 Å². The van der Waals surface area contributed by atoms with Crippen LogP contribution in [0.15, 0.2) is 174 Å². The van der Waals surface area contributed by atoms with Gasteiger partial charge in [-0.15, -0.1) is 0 Å². The van der Waals surface area contributed by atoms with Gasteiger partial charge in [0, 0.05) is 46.4 Å². The molecule has 49 heavy (non-hydrogen) atoms. The Hall–Kier alpha value is -6.47. The highest BCUT2D eigenvalue weighted by Gasteiger charge is 2.32. The lowest BCUT2D eigenvalue weighted by atomic mass is 9.98. The monoisotopic (exact) mass is 635 g/mol. The van der Waals surface area contributed by atoms with Gasteiger partial charge in [-0.1, -0.05) is 103 Å². The van der Waals surface area contributed by atoms with Gasteiger partial charge in [-0.3, -0.25) is 15.0 Å². The summed E-state index contributed by atoms with van der Waals surface area (Å²) in [7, 11) is 0. The maximum Gasteiger partial charge on any atom is 0.159 e. The Morgan fingerprint density at radius 1 is 0.571 bits per heavy atom. The number of nitrogens with one attached hydrogen (secondary N) is 2. The Morgan fingerprint density at radius 3 is 1.86 bits per heavy atom. The number of hydrogen-bond acceptors (Lipinski definition) is 7. The minimum Gasteiger partial charge on any atom is -0.381 e. The third kappa shape index (κ3) is 6.30. The largest absolute Gasteiger partial charge is 0.381 e. The predicted molar refractivity (Wildman–Crippen MR) is 197 cm³/mol. The Bertz CT molecular complexity index is 2190. The summed E-state index contributed by atoms with van der Waals surface area (Å²) in [6.45, 7) is 2.09. The molecule has 0 fully saturated rings. The van der Waals surface area contributed by atoms with Gasteiger partial charge >= 0.3 is 0 Å². The molecule has 0 saturated heterocycles. The molecule has 2 aliphatic rings. The average molecular weight is 636 g/mol. The topological polar surface area (TPSA) is 87.5 Å². The molecule has 2 atom stereocenters. The van der Waals surface area contributed by atoms with E-state index < -0.39 is 5.66 Å². The summed E-state index contributed by atoms with van der Waals surface area (Å²) in [5, 5.41) is 6.98. The van der Waals surface area contributed by atoms with Gasteiger partial charge in [0.25, 0.3) is 0 Å². The number of pyridine rings is 3. The van der Waals surface area contributed by atoms with Crippen molar-refractivity contribution in [2.45, 2.75) is 18.6 Å². The lowest BCUT2D eigenvalue weighted by molar-refractivity contribution is 0.455. The summed E-state index contributed by atoms with van der Waals surface area (Å²) in [4.78, 5) is 24.1. The Kier molecular flexibility index (Phi) is 7.91. The fourth-order valence-corrected chi connectivity index (χ4v) is 6.05. The summed E-state index contributed by atoms with van der Waals surface area (Å²) in [6.07, 6.45) is 13.7. The van der Waals surface area contributed by atoms with E-state index in [9.17, 15) is 0 Å². The van der Waals surface area contributed by atoms with E-state index in [1.54, 1.807) is 6.20 Å². The molecule has 0 radical (unpaired) electrons. The molecule has 0 aliphatic carbocycles. The molecule has 0 spiro atoms. The highest BCUT2D eigenvalue weighted by molar-refractivity contribution is 6.13. The van der Waals surface area contributed by atoms with Crippen molar-refractivity contribution in [3.63, 3.8) is 0 Å².